The van der Waals surface area contributed by atoms with Gasteiger partial charge in [0.2, 0.25) is 5.88 Å². The number of thiophene rings is 1. The largest absolute Gasteiger partial charge is 0.490 e. The molecule has 0 fully saturated rings. The molecule has 4 rings (SSSR count). The minimum absolute atomic E-state index is 0.0101. The molecule has 0 saturated carbocycles. The van der Waals surface area contributed by atoms with Gasteiger partial charge in [0.15, 0.2) is 0 Å². The summed E-state index contributed by atoms with van der Waals surface area (Å²) in [6.07, 6.45) is -2.17. The summed E-state index contributed by atoms with van der Waals surface area (Å²) in [5.74, 6) is -2.34. The van der Waals surface area contributed by atoms with Crippen molar-refractivity contribution < 1.29 is 32.6 Å². The first-order valence-corrected chi connectivity index (χ1v) is 10.6. The van der Waals surface area contributed by atoms with Crippen molar-refractivity contribution in [3.63, 3.8) is 0 Å². The van der Waals surface area contributed by atoms with Gasteiger partial charge in [-0.2, -0.15) is 23.5 Å². The molecule has 1 atom stereocenters. The van der Waals surface area contributed by atoms with Crippen molar-refractivity contribution in [2.75, 3.05) is 6.54 Å². The lowest BCUT2D eigenvalue weighted by Gasteiger charge is -2.24. The zero-order chi connectivity index (χ0) is 24.9. The van der Waals surface area contributed by atoms with E-state index in [1.54, 1.807) is 23.2 Å². The lowest BCUT2D eigenvalue weighted by molar-refractivity contribution is -0.192. The molecule has 1 unspecified atom stereocenters. The third-order valence-electron chi connectivity index (χ3n) is 4.59. The minimum Gasteiger partial charge on any atom is -0.475 e. The van der Waals surface area contributed by atoms with E-state index in [0.29, 0.717) is 31.1 Å². The van der Waals surface area contributed by atoms with Gasteiger partial charge in [-0.05, 0) is 31.2 Å². The number of hydrogen-bond acceptors (Lipinski definition) is 7. The molecule has 1 N–H and O–H groups in total. The molecule has 0 aliphatic carbocycles. The average molecular weight is 493 g/mol. The van der Waals surface area contributed by atoms with Crippen LogP contribution in [-0.2, 0) is 17.9 Å². The third kappa shape index (κ3) is 6.32. The molecule has 0 bridgehead atoms. The SMILES string of the molecule is Cc1ccc(C(=O)N2Cc3ccnn3CC(Oc3ccc(C#N)cn3)C2)s1.O=C(O)C(F)(F)F. The Bertz CT molecular complexity index is 1200. The van der Waals surface area contributed by atoms with E-state index in [1.807, 2.05) is 35.9 Å². The summed E-state index contributed by atoms with van der Waals surface area (Å²) in [5.41, 5.74) is 1.44. The molecular weight excluding hydrogens is 475 g/mol. The van der Waals surface area contributed by atoms with E-state index in [4.69, 9.17) is 19.9 Å². The van der Waals surface area contributed by atoms with E-state index in [-0.39, 0.29) is 12.0 Å². The summed E-state index contributed by atoms with van der Waals surface area (Å²) in [4.78, 5) is 29.7. The highest BCUT2D eigenvalue weighted by atomic mass is 32.1. The first-order valence-electron chi connectivity index (χ1n) is 9.76. The fourth-order valence-electron chi connectivity index (χ4n) is 3.04. The number of carbonyl (C=O) groups excluding carboxylic acids is 1. The van der Waals surface area contributed by atoms with Crippen molar-refractivity contribution in [1.82, 2.24) is 19.7 Å². The zero-order valence-corrected chi connectivity index (χ0v) is 18.5. The molecule has 0 aromatic carbocycles. The van der Waals surface area contributed by atoms with Crippen LogP contribution in [0.3, 0.4) is 0 Å². The van der Waals surface area contributed by atoms with Gasteiger partial charge in [0, 0.05) is 23.3 Å². The van der Waals surface area contributed by atoms with Crippen LogP contribution in [0, 0.1) is 18.3 Å². The molecule has 1 aliphatic heterocycles. The predicted octanol–water partition coefficient (Wildman–Crippen LogP) is 3.26. The van der Waals surface area contributed by atoms with Gasteiger partial charge >= 0.3 is 12.1 Å². The van der Waals surface area contributed by atoms with E-state index in [1.165, 1.54) is 17.5 Å². The number of rotatable bonds is 3. The molecule has 0 radical (unpaired) electrons. The van der Waals surface area contributed by atoms with Crippen LogP contribution in [0.15, 0.2) is 42.7 Å². The highest BCUT2D eigenvalue weighted by Crippen LogP contribution is 2.22. The normalized spacial score (nSPS) is 15.3. The number of pyridine rings is 1. The Morgan fingerprint density at radius 1 is 1.24 bits per heavy atom. The van der Waals surface area contributed by atoms with Gasteiger partial charge < -0.3 is 14.7 Å². The van der Waals surface area contributed by atoms with Gasteiger partial charge in [0.05, 0.1) is 35.8 Å². The maximum atomic E-state index is 13.0. The Kier molecular flexibility index (Phi) is 7.52. The Labute approximate surface area is 195 Å². The van der Waals surface area contributed by atoms with Gasteiger partial charge in [0.25, 0.3) is 5.91 Å². The second-order valence-corrected chi connectivity index (χ2v) is 8.43. The van der Waals surface area contributed by atoms with E-state index in [2.05, 4.69) is 10.1 Å². The molecule has 0 spiro atoms. The molecule has 34 heavy (non-hydrogen) atoms. The molecule has 1 amide bonds. The van der Waals surface area contributed by atoms with Gasteiger partial charge in [-0.3, -0.25) is 9.48 Å². The van der Waals surface area contributed by atoms with E-state index < -0.39 is 12.1 Å². The fourth-order valence-corrected chi connectivity index (χ4v) is 3.87. The number of hydrogen-bond donors (Lipinski definition) is 1. The monoisotopic (exact) mass is 493 g/mol. The third-order valence-corrected chi connectivity index (χ3v) is 5.58. The highest BCUT2D eigenvalue weighted by Gasteiger charge is 2.38. The molecule has 1 aliphatic rings. The number of nitriles is 1. The number of ether oxygens (including phenoxy) is 1. The number of aryl methyl sites for hydroxylation is 1. The molecule has 4 heterocycles. The van der Waals surface area contributed by atoms with Crippen LogP contribution in [0.1, 0.15) is 25.8 Å². The van der Waals surface area contributed by atoms with E-state index >= 15 is 0 Å². The predicted molar refractivity (Wildman–Crippen MR) is 113 cm³/mol. The van der Waals surface area contributed by atoms with Crippen LogP contribution in [0.25, 0.3) is 0 Å². The Hall–Kier alpha value is -3.92. The Morgan fingerprint density at radius 2 is 1.97 bits per heavy atom. The highest BCUT2D eigenvalue weighted by molar-refractivity contribution is 7.13. The van der Waals surface area contributed by atoms with E-state index in [9.17, 15) is 18.0 Å². The van der Waals surface area contributed by atoms with Gasteiger partial charge in [-0.25, -0.2) is 9.78 Å². The number of nitrogens with zero attached hydrogens (tertiary/aromatic N) is 5. The van der Waals surface area contributed by atoms with Crippen LogP contribution in [0.5, 0.6) is 5.88 Å². The molecule has 9 nitrogen and oxygen atoms in total. The van der Waals surface area contributed by atoms with Crippen LogP contribution >= 0.6 is 11.3 Å². The van der Waals surface area contributed by atoms with Crippen molar-refractivity contribution in [3.05, 3.63) is 63.7 Å². The van der Waals surface area contributed by atoms with Crippen molar-refractivity contribution in [2.45, 2.75) is 32.3 Å². The fraction of sp³-hybridized carbons (Fsp3) is 0.286. The molecule has 3 aromatic rings. The maximum Gasteiger partial charge on any atom is 0.490 e. The Balaban J connectivity index is 0.000000406. The number of alkyl halides is 3. The quantitative estimate of drug-likeness (QED) is 0.594. The summed E-state index contributed by atoms with van der Waals surface area (Å²) < 4.78 is 39.6. The van der Waals surface area contributed by atoms with E-state index in [0.717, 1.165) is 15.4 Å². The number of carboxylic acid groups (broad SMARTS) is 1. The summed E-state index contributed by atoms with van der Waals surface area (Å²) in [6, 6.07) is 11.1. The lowest BCUT2D eigenvalue weighted by Crippen LogP contribution is -2.38. The molecule has 3 aromatic heterocycles. The van der Waals surface area contributed by atoms with Crippen LogP contribution < -0.4 is 4.74 Å². The second kappa shape index (κ2) is 10.3. The number of halogens is 3. The number of fused-ring (bicyclic) bond motifs is 1. The molecular formula is C21H18F3N5O4S. The number of carbonyl (C=O) groups is 2. The van der Waals surface area contributed by atoms with Crippen LogP contribution in [0.2, 0.25) is 0 Å². The van der Waals surface area contributed by atoms with Crippen molar-refractivity contribution >= 4 is 23.2 Å². The van der Waals surface area contributed by atoms with Crippen molar-refractivity contribution in [3.8, 4) is 11.9 Å². The van der Waals surface area contributed by atoms with Crippen molar-refractivity contribution in [1.29, 1.82) is 5.26 Å². The maximum absolute atomic E-state index is 13.0. The first kappa shape index (κ1) is 24.7. The van der Waals surface area contributed by atoms with Crippen LogP contribution in [0.4, 0.5) is 13.2 Å². The van der Waals surface area contributed by atoms with Gasteiger partial charge in [-0.1, -0.05) is 0 Å². The standard InChI is InChI=1S/C19H17N5O2S.C2HF3O2/c1-13-2-4-17(27-13)19(25)23-10-15-6-7-22-24(15)12-16(11-23)26-18-5-3-14(8-20)9-21-18;3-2(4,5)1(6)7/h2-7,9,16H,10-12H2,1H3;(H,6,7). The lowest BCUT2D eigenvalue weighted by atomic mass is 10.3. The average Bonchev–Trinajstić information content (AvgIpc) is 3.38. The number of amides is 1. The van der Waals surface area contributed by atoms with Gasteiger partial charge in [0.1, 0.15) is 12.2 Å². The molecule has 178 valence electrons. The summed E-state index contributed by atoms with van der Waals surface area (Å²) in [5, 5.41) is 20.4. The zero-order valence-electron chi connectivity index (χ0n) is 17.7. The summed E-state index contributed by atoms with van der Waals surface area (Å²) >= 11 is 1.49. The van der Waals surface area contributed by atoms with Crippen LogP contribution in [-0.4, -0.2) is 55.5 Å². The topological polar surface area (TPSA) is 121 Å². The number of aromatic nitrogens is 3. The van der Waals surface area contributed by atoms with Crippen molar-refractivity contribution in [2.24, 2.45) is 0 Å². The first-order chi connectivity index (χ1) is 16.1. The number of carboxylic acids is 1. The van der Waals surface area contributed by atoms with Gasteiger partial charge in [-0.15, -0.1) is 11.3 Å². The number of aliphatic carboxylic acids is 1. The smallest absolute Gasteiger partial charge is 0.475 e. The minimum atomic E-state index is -5.08. The molecule has 13 heteroatoms. The summed E-state index contributed by atoms with van der Waals surface area (Å²) in [6.45, 7) is 3.43. The summed E-state index contributed by atoms with van der Waals surface area (Å²) in [7, 11) is 0. The Morgan fingerprint density at radius 3 is 2.53 bits per heavy atom. The second-order valence-electron chi connectivity index (χ2n) is 7.14. The molecule has 0 saturated heterocycles.